The quantitative estimate of drug-likeness (QED) is 0.822. The van der Waals surface area contributed by atoms with Crippen LogP contribution in [0.2, 0.25) is 0 Å². The Kier molecular flexibility index (Phi) is 4.23. The van der Waals surface area contributed by atoms with Crippen LogP contribution in [0, 0.1) is 18.3 Å². The van der Waals surface area contributed by atoms with Gasteiger partial charge in [0.15, 0.2) is 9.84 Å². The molecule has 0 saturated carbocycles. The van der Waals surface area contributed by atoms with Gasteiger partial charge in [0, 0.05) is 13.1 Å². The first kappa shape index (κ1) is 14.0. The van der Waals surface area contributed by atoms with E-state index >= 15 is 0 Å². The number of hydrogen-bond acceptors (Lipinski definition) is 4. The minimum atomic E-state index is -2.85. The van der Waals surface area contributed by atoms with E-state index in [1.165, 1.54) is 5.56 Å². The van der Waals surface area contributed by atoms with Crippen molar-refractivity contribution in [2.75, 3.05) is 24.6 Å². The van der Waals surface area contributed by atoms with Crippen LogP contribution in [0.1, 0.15) is 23.1 Å². The predicted octanol–water partition coefficient (Wildman–Crippen LogP) is 1.49. The Morgan fingerprint density at radius 2 is 2.11 bits per heavy atom. The van der Waals surface area contributed by atoms with Crippen molar-refractivity contribution in [1.82, 2.24) is 4.90 Å². The van der Waals surface area contributed by atoms with Crippen LogP contribution in [0.3, 0.4) is 0 Å². The lowest BCUT2D eigenvalue weighted by molar-refractivity contribution is 0.286. The molecular formula is C14H18N2O2S. The maximum absolute atomic E-state index is 11.6. The lowest BCUT2D eigenvalue weighted by Gasteiger charge is -2.20. The average Bonchev–Trinajstić information content (AvgIpc) is 2.53. The number of nitriles is 1. The molecule has 5 heteroatoms. The molecular weight excluding hydrogens is 260 g/mol. The highest BCUT2D eigenvalue weighted by Crippen LogP contribution is 2.15. The number of hydrogen-bond donors (Lipinski definition) is 0. The average molecular weight is 278 g/mol. The monoisotopic (exact) mass is 278 g/mol. The van der Waals surface area contributed by atoms with Gasteiger partial charge in [-0.2, -0.15) is 5.26 Å². The second-order valence-corrected chi connectivity index (χ2v) is 7.34. The molecule has 2 rings (SSSR count). The first-order valence-corrected chi connectivity index (χ1v) is 8.25. The third-order valence-electron chi connectivity index (χ3n) is 3.51. The highest BCUT2D eigenvalue weighted by atomic mass is 32.2. The van der Waals surface area contributed by atoms with Crippen molar-refractivity contribution in [2.45, 2.75) is 19.9 Å². The van der Waals surface area contributed by atoms with E-state index in [-0.39, 0.29) is 5.75 Å². The lowest BCUT2D eigenvalue weighted by atomic mass is 10.1. The largest absolute Gasteiger partial charge is 0.298 e. The molecule has 0 N–H and O–H groups in total. The van der Waals surface area contributed by atoms with Crippen molar-refractivity contribution in [3.8, 4) is 6.07 Å². The molecule has 1 fully saturated rings. The molecule has 0 radical (unpaired) electrons. The first-order chi connectivity index (χ1) is 9.00. The summed E-state index contributed by atoms with van der Waals surface area (Å²) in [6, 6.07) is 7.79. The van der Waals surface area contributed by atoms with E-state index < -0.39 is 9.84 Å². The smallest absolute Gasteiger partial charge is 0.151 e. The Morgan fingerprint density at radius 1 is 1.32 bits per heavy atom. The summed E-state index contributed by atoms with van der Waals surface area (Å²) < 4.78 is 23.1. The number of nitrogens with zero attached hydrogens (tertiary/aromatic N) is 2. The predicted molar refractivity (Wildman–Crippen MR) is 74.4 cm³/mol. The maximum atomic E-state index is 11.6. The second-order valence-electron chi connectivity index (χ2n) is 5.03. The van der Waals surface area contributed by atoms with Gasteiger partial charge in [-0.15, -0.1) is 0 Å². The van der Waals surface area contributed by atoms with Gasteiger partial charge in [-0.05, 0) is 43.1 Å². The molecule has 0 unspecified atom stereocenters. The van der Waals surface area contributed by atoms with E-state index in [4.69, 9.17) is 5.26 Å². The summed E-state index contributed by atoms with van der Waals surface area (Å²) in [6.45, 7) is 4.16. The van der Waals surface area contributed by atoms with Crippen LogP contribution in [0.25, 0.3) is 0 Å². The van der Waals surface area contributed by atoms with Crippen LogP contribution in [-0.2, 0) is 16.4 Å². The zero-order chi connectivity index (χ0) is 13.9. The van der Waals surface area contributed by atoms with Gasteiger partial charge in [0.25, 0.3) is 0 Å². The standard InChI is InChI=1S/C14H18N2O2S/c1-12-9-13(10-15)3-4-14(12)11-16-5-2-7-19(17,18)8-6-16/h3-4,9H,2,5-8,11H2,1H3. The molecule has 4 nitrogen and oxygen atoms in total. The van der Waals surface area contributed by atoms with Crippen molar-refractivity contribution >= 4 is 9.84 Å². The minimum Gasteiger partial charge on any atom is -0.298 e. The van der Waals surface area contributed by atoms with Gasteiger partial charge < -0.3 is 0 Å². The van der Waals surface area contributed by atoms with E-state index in [0.717, 1.165) is 18.7 Å². The van der Waals surface area contributed by atoms with E-state index in [1.807, 2.05) is 25.1 Å². The fourth-order valence-electron chi connectivity index (χ4n) is 2.33. The fraction of sp³-hybridized carbons (Fsp3) is 0.500. The Hall–Kier alpha value is -1.38. The molecule has 0 amide bonds. The number of rotatable bonds is 2. The first-order valence-electron chi connectivity index (χ1n) is 6.42. The molecule has 102 valence electrons. The van der Waals surface area contributed by atoms with Gasteiger partial charge in [-0.25, -0.2) is 8.42 Å². The van der Waals surface area contributed by atoms with Crippen molar-refractivity contribution in [1.29, 1.82) is 5.26 Å². The summed E-state index contributed by atoms with van der Waals surface area (Å²) >= 11 is 0. The van der Waals surface area contributed by atoms with Gasteiger partial charge in [0.05, 0.1) is 23.1 Å². The molecule has 0 aliphatic carbocycles. The third kappa shape index (κ3) is 3.79. The van der Waals surface area contributed by atoms with E-state index in [0.29, 0.717) is 24.3 Å². The van der Waals surface area contributed by atoms with E-state index in [2.05, 4.69) is 11.0 Å². The molecule has 1 aromatic carbocycles. The Morgan fingerprint density at radius 3 is 2.79 bits per heavy atom. The zero-order valence-corrected chi connectivity index (χ0v) is 11.9. The van der Waals surface area contributed by atoms with Gasteiger partial charge >= 0.3 is 0 Å². The van der Waals surface area contributed by atoms with Crippen LogP contribution < -0.4 is 0 Å². The van der Waals surface area contributed by atoms with Crippen molar-refractivity contribution < 1.29 is 8.42 Å². The normalized spacial score (nSPS) is 19.6. The van der Waals surface area contributed by atoms with Gasteiger partial charge in [0.1, 0.15) is 0 Å². The lowest BCUT2D eigenvalue weighted by Crippen LogP contribution is -2.26. The van der Waals surface area contributed by atoms with Gasteiger partial charge in [0.2, 0.25) is 0 Å². The van der Waals surface area contributed by atoms with Crippen molar-refractivity contribution in [2.24, 2.45) is 0 Å². The van der Waals surface area contributed by atoms with Crippen LogP contribution in [0.5, 0.6) is 0 Å². The minimum absolute atomic E-state index is 0.252. The summed E-state index contributed by atoms with van der Waals surface area (Å²) in [5.74, 6) is 0.554. The molecule has 19 heavy (non-hydrogen) atoms. The highest BCUT2D eigenvalue weighted by molar-refractivity contribution is 7.91. The van der Waals surface area contributed by atoms with Crippen LogP contribution in [0.4, 0.5) is 0 Å². The summed E-state index contributed by atoms with van der Waals surface area (Å²) in [5.41, 5.74) is 2.92. The molecule has 0 aromatic heterocycles. The van der Waals surface area contributed by atoms with Gasteiger partial charge in [-0.3, -0.25) is 4.90 Å². The molecule has 1 aliphatic heterocycles. The molecule has 0 bridgehead atoms. The van der Waals surface area contributed by atoms with Gasteiger partial charge in [-0.1, -0.05) is 6.07 Å². The molecule has 0 spiro atoms. The van der Waals surface area contributed by atoms with Crippen molar-refractivity contribution in [3.05, 3.63) is 34.9 Å². The zero-order valence-electron chi connectivity index (χ0n) is 11.1. The SMILES string of the molecule is Cc1cc(C#N)ccc1CN1CCCS(=O)(=O)CC1. The van der Waals surface area contributed by atoms with Crippen LogP contribution in [-0.4, -0.2) is 37.9 Å². The Balaban J connectivity index is 2.07. The molecule has 1 aromatic rings. The summed E-state index contributed by atoms with van der Waals surface area (Å²) in [4.78, 5) is 2.18. The molecule has 1 heterocycles. The number of sulfone groups is 1. The third-order valence-corrected chi connectivity index (χ3v) is 5.23. The van der Waals surface area contributed by atoms with Crippen LogP contribution >= 0.6 is 0 Å². The number of benzene rings is 1. The molecule has 1 saturated heterocycles. The topological polar surface area (TPSA) is 61.2 Å². The fourth-order valence-corrected chi connectivity index (χ4v) is 3.64. The molecule has 1 aliphatic rings. The van der Waals surface area contributed by atoms with E-state index in [9.17, 15) is 8.42 Å². The summed E-state index contributed by atoms with van der Waals surface area (Å²) in [6.07, 6.45) is 0.706. The Labute approximate surface area is 114 Å². The maximum Gasteiger partial charge on any atom is 0.151 e. The highest BCUT2D eigenvalue weighted by Gasteiger charge is 2.19. The summed E-state index contributed by atoms with van der Waals surface area (Å²) in [7, 11) is -2.85. The molecule has 0 atom stereocenters. The Bertz CT molecular complexity index is 602. The number of aryl methyl sites for hydroxylation is 1. The summed E-state index contributed by atoms with van der Waals surface area (Å²) in [5, 5.41) is 8.84. The van der Waals surface area contributed by atoms with Crippen LogP contribution in [0.15, 0.2) is 18.2 Å². The van der Waals surface area contributed by atoms with E-state index in [1.54, 1.807) is 0 Å². The van der Waals surface area contributed by atoms with Crippen molar-refractivity contribution in [3.63, 3.8) is 0 Å². The second kappa shape index (κ2) is 5.72.